The van der Waals surface area contributed by atoms with Gasteiger partial charge in [-0.3, -0.25) is 0 Å². The van der Waals surface area contributed by atoms with Crippen molar-refractivity contribution in [2.45, 2.75) is 13.0 Å². The standard InChI is InChI=1S/C12H12OS/c1-9-4-2-3-5-11(9)12(13)10-6-7-14-8-10/h2-8,12-13H,1H3. The van der Waals surface area contributed by atoms with Crippen molar-refractivity contribution >= 4 is 11.3 Å². The van der Waals surface area contributed by atoms with Crippen molar-refractivity contribution < 1.29 is 5.11 Å². The van der Waals surface area contributed by atoms with Crippen LogP contribution in [0.1, 0.15) is 22.8 Å². The first-order chi connectivity index (χ1) is 6.79. The van der Waals surface area contributed by atoms with Crippen LogP contribution in [0.2, 0.25) is 0 Å². The summed E-state index contributed by atoms with van der Waals surface area (Å²) < 4.78 is 0. The van der Waals surface area contributed by atoms with E-state index in [1.807, 2.05) is 48.0 Å². The average molecular weight is 204 g/mol. The fourth-order valence-corrected chi connectivity index (χ4v) is 2.18. The fraction of sp³-hybridized carbons (Fsp3) is 0.167. The van der Waals surface area contributed by atoms with Crippen molar-refractivity contribution in [2.75, 3.05) is 0 Å². The van der Waals surface area contributed by atoms with Crippen LogP contribution in [0.15, 0.2) is 41.1 Å². The summed E-state index contributed by atoms with van der Waals surface area (Å²) in [5.74, 6) is 0. The fourth-order valence-electron chi connectivity index (χ4n) is 1.50. The molecule has 1 N–H and O–H groups in total. The SMILES string of the molecule is Cc1ccccc1C(O)c1ccsc1. The Balaban J connectivity index is 2.37. The highest BCUT2D eigenvalue weighted by Crippen LogP contribution is 2.25. The highest BCUT2D eigenvalue weighted by Gasteiger charge is 2.11. The topological polar surface area (TPSA) is 20.2 Å². The molecule has 0 saturated carbocycles. The lowest BCUT2D eigenvalue weighted by Gasteiger charge is -2.11. The van der Waals surface area contributed by atoms with Crippen LogP contribution < -0.4 is 0 Å². The van der Waals surface area contributed by atoms with Gasteiger partial charge < -0.3 is 5.11 Å². The number of hydrogen-bond acceptors (Lipinski definition) is 2. The van der Waals surface area contributed by atoms with Crippen molar-refractivity contribution in [3.63, 3.8) is 0 Å². The van der Waals surface area contributed by atoms with Crippen molar-refractivity contribution in [1.82, 2.24) is 0 Å². The second-order valence-corrected chi connectivity index (χ2v) is 4.10. The Labute approximate surface area is 87.7 Å². The summed E-state index contributed by atoms with van der Waals surface area (Å²) in [6.45, 7) is 2.02. The molecule has 0 aliphatic carbocycles. The number of rotatable bonds is 2. The molecule has 0 bridgehead atoms. The van der Waals surface area contributed by atoms with Crippen LogP contribution in [-0.4, -0.2) is 5.11 Å². The molecule has 2 rings (SSSR count). The van der Waals surface area contributed by atoms with Gasteiger partial charge in [-0.05, 0) is 40.4 Å². The molecule has 1 heterocycles. The normalized spacial score (nSPS) is 12.7. The minimum atomic E-state index is -0.484. The molecule has 1 nitrogen and oxygen atoms in total. The molecule has 1 atom stereocenters. The maximum atomic E-state index is 10.1. The molecule has 1 aromatic heterocycles. The summed E-state index contributed by atoms with van der Waals surface area (Å²) in [7, 11) is 0. The number of aliphatic hydroxyl groups is 1. The first-order valence-corrected chi connectivity index (χ1v) is 5.49. The maximum Gasteiger partial charge on any atom is 0.105 e. The lowest BCUT2D eigenvalue weighted by Crippen LogP contribution is -1.99. The van der Waals surface area contributed by atoms with Crippen LogP contribution in [0.5, 0.6) is 0 Å². The van der Waals surface area contributed by atoms with Gasteiger partial charge in [-0.25, -0.2) is 0 Å². The third kappa shape index (κ3) is 1.72. The van der Waals surface area contributed by atoms with E-state index in [0.717, 1.165) is 16.7 Å². The molecule has 0 aliphatic rings. The summed E-state index contributed by atoms with van der Waals surface area (Å²) in [6, 6.07) is 9.89. The smallest absolute Gasteiger partial charge is 0.105 e. The van der Waals surface area contributed by atoms with E-state index in [-0.39, 0.29) is 0 Å². The van der Waals surface area contributed by atoms with E-state index in [4.69, 9.17) is 0 Å². The van der Waals surface area contributed by atoms with E-state index in [9.17, 15) is 5.11 Å². The summed E-state index contributed by atoms with van der Waals surface area (Å²) in [4.78, 5) is 0. The van der Waals surface area contributed by atoms with E-state index in [1.165, 1.54) is 0 Å². The summed E-state index contributed by atoms with van der Waals surface area (Å²) in [6.07, 6.45) is -0.484. The van der Waals surface area contributed by atoms with Gasteiger partial charge >= 0.3 is 0 Å². The monoisotopic (exact) mass is 204 g/mol. The lowest BCUT2D eigenvalue weighted by atomic mass is 10.00. The van der Waals surface area contributed by atoms with Crippen molar-refractivity contribution in [3.8, 4) is 0 Å². The molecule has 14 heavy (non-hydrogen) atoms. The van der Waals surface area contributed by atoms with Gasteiger partial charge in [0.15, 0.2) is 0 Å². The largest absolute Gasteiger partial charge is 0.384 e. The zero-order valence-electron chi connectivity index (χ0n) is 7.97. The maximum absolute atomic E-state index is 10.1. The number of aliphatic hydroxyl groups excluding tert-OH is 1. The molecule has 2 aromatic rings. The molecular formula is C12H12OS. The van der Waals surface area contributed by atoms with Gasteiger partial charge in [0.2, 0.25) is 0 Å². The van der Waals surface area contributed by atoms with Crippen LogP contribution >= 0.6 is 11.3 Å². The first kappa shape index (κ1) is 9.44. The van der Waals surface area contributed by atoms with Crippen LogP contribution in [0, 0.1) is 6.92 Å². The molecular weight excluding hydrogens is 192 g/mol. The van der Waals surface area contributed by atoms with Crippen LogP contribution in [0.25, 0.3) is 0 Å². The molecule has 2 heteroatoms. The van der Waals surface area contributed by atoms with Gasteiger partial charge in [0.05, 0.1) is 0 Å². The van der Waals surface area contributed by atoms with Gasteiger partial charge in [0, 0.05) is 0 Å². The zero-order chi connectivity index (χ0) is 9.97. The Kier molecular flexibility index (Phi) is 2.66. The van der Waals surface area contributed by atoms with Gasteiger partial charge in [-0.2, -0.15) is 11.3 Å². The molecule has 0 aliphatic heterocycles. The van der Waals surface area contributed by atoms with Gasteiger partial charge in [-0.1, -0.05) is 24.3 Å². The molecule has 0 fully saturated rings. The number of hydrogen-bond donors (Lipinski definition) is 1. The summed E-state index contributed by atoms with van der Waals surface area (Å²) in [5.41, 5.74) is 3.10. The lowest BCUT2D eigenvalue weighted by molar-refractivity contribution is 0.220. The predicted octanol–water partition coefficient (Wildman–Crippen LogP) is 3.14. The molecule has 1 unspecified atom stereocenters. The Morgan fingerprint density at radius 3 is 2.64 bits per heavy atom. The Morgan fingerprint density at radius 1 is 1.21 bits per heavy atom. The van der Waals surface area contributed by atoms with E-state index in [0.29, 0.717) is 0 Å². The third-order valence-corrected chi connectivity index (χ3v) is 3.04. The average Bonchev–Trinajstić information content (AvgIpc) is 2.70. The van der Waals surface area contributed by atoms with E-state index in [2.05, 4.69) is 0 Å². The Hall–Kier alpha value is -1.12. The second-order valence-electron chi connectivity index (χ2n) is 3.32. The first-order valence-electron chi connectivity index (χ1n) is 4.54. The van der Waals surface area contributed by atoms with E-state index in [1.54, 1.807) is 11.3 Å². The third-order valence-electron chi connectivity index (χ3n) is 2.34. The van der Waals surface area contributed by atoms with Gasteiger partial charge in [0.25, 0.3) is 0 Å². The van der Waals surface area contributed by atoms with Crippen molar-refractivity contribution in [2.24, 2.45) is 0 Å². The van der Waals surface area contributed by atoms with Crippen molar-refractivity contribution in [3.05, 3.63) is 57.8 Å². The zero-order valence-corrected chi connectivity index (χ0v) is 8.79. The highest BCUT2D eigenvalue weighted by atomic mass is 32.1. The minimum Gasteiger partial charge on any atom is -0.384 e. The summed E-state index contributed by atoms with van der Waals surface area (Å²) >= 11 is 1.61. The van der Waals surface area contributed by atoms with E-state index < -0.39 is 6.10 Å². The molecule has 0 saturated heterocycles. The Morgan fingerprint density at radius 2 is 2.00 bits per heavy atom. The Bertz CT molecular complexity index is 406. The second kappa shape index (κ2) is 3.95. The quantitative estimate of drug-likeness (QED) is 0.796. The van der Waals surface area contributed by atoms with Gasteiger partial charge in [0.1, 0.15) is 6.10 Å². The van der Waals surface area contributed by atoms with Crippen LogP contribution in [0.4, 0.5) is 0 Å². The molecule has 72 valence electrons. The molecule has 0 radical (unpaired) electrons. The van der Waals surface area contributed by atoms with Crippen LogP contribution in [-0.2, 0) is 0 Å². The highest BCUT2D eigenvalue weighted by molar-refractivity contribution is 7.07. The number of benzene rings is 1. The molecule has 0 amide bonds. The van der Waals surface area contributed by atoms with Crippen molar-refractivity contribution in [1.29, 1.82) is 0 Å². The van der Waals surface area contributed by atoms with Crippen LogP contribution in [0.3, 0.4) is 0 Å². The number of thiophene rings is 1. The predicted molar refractivity (Wildman–Crippen MR) is 59.6 cm³/mol. The number of aryl methyl sites for hydroxylation is 1. The summed E-state index contributed by atoms with van der Waals surface area (Å²) in [5, 5.41) is 14.0. The van der Waals surface area contributed by atoms with E-state index >= 15 is 0 Å². The molecule has 0 spiro atoms. The molecule has 1 aromatic carbocycles. The minimum absolute atomic E-state index is 0.484. The van der Waals surface area contributed by atoms with Gasteiger partial charge in [-0.15, -0.1) is 0 Å².